The monoisotopic (exact) mass is 256 g/mol. The number of amides is 1. The fourth-order valence-electron chi connectivity index (χ4n) is 1.28. The third-order valence-corrected chi connectivity index (χ3v) is 3.44. The van der Waals surface area contributed by atoms with Gasteiger partial charge in [-0.1, -0.05) is 0 Å². The van der Waals surface area contributed by atoms with Gasteiger partial charge in [-0.25, -0.2) is 4.39 Å². The summed E-state index contributed by atoms with van der Waals surface area (Å²) in [5, 5.41) is 0. The molecule has 17 heavy (non-hydrogen) atoms. The standard InChI is InChI=1S/C12H17FN2OS/c1-15(2)12(16)4-3-7-17-11-6-5-9(13)8-10(11)14/h5-6,8H,3-4,7,14H2,1-2H3. The molecule has 0 unspecified atom stereocenters. The maximum Gasteiger partial charge on any atom is 0.222 e. The highest BCUT2D eigenvalue weighted by Gasteiger charge is 2.05. The number of thioether (sulfide) groups is 1. The van der Waals surface area contributed by atoms with Gasteiger partial charge in [0.2, 0.25) is 5.91 Å². The topological polar surface area (TPSA) is 46.3 Å². The van der Waals surface area contributed by atoms with E-state index < -0.39 is 0 Å². The third kappa shape index (κ3) is 4.65. The van der Waals surface area contributed by atoms with Crippen molar-refractivity contribution in [2.24, 2.45) is 0 Å². The molecule has 3 nitrogen and oxygen atoms in total. The lowest BCUT2D eigenvalue weighted by atomic mass is 10.3. The Bertz CT molecular complexity index is 396. The summed E-state index contributed by atoms with van der Waals surface area (Å²) in [7, 11) is 3.49. The molecule has 0 saturated heterocycles. The number of benzene rings is 1. The van der Waals surface area contributed by atoms with Gasteiger partial charge in [0.1, 0.15) is 5.82 Å². The van der Waals surface area contributed by atoms with Crippen molar-refractivity contribution in [2.45, 2.75) is 17.7 Å². The second-order valence-corrected chi connectivity index (χ2v) is 5.06. The molecule has 0 aliphatic heterocycles. The van der Waals surface area contributed by atoms with Crippen molar-refractivity contribution in [1.29, 1.82) is 0 Å². The third-order valence-electron chi connectivity index (χ3n) is 2.26. The van der Waals surface area contributed by atoms with Gasteiger partial charge in [-0.2, -0.15) is 0 Å². The van der Waals surface area contributed by atoms with Gasteiger partial charge in [0.05, 0.1) is 0 Å². The van der Waals surface area contributed by atoms with E-state index in [0.29, 0.717) is 12.1 Å². The van der Waals surface area contributed by atoms with Crippen LogP contribution in [0.25, 0.3) is 0 Å². The lowest BCUT2D eigenvalue weighted by molar-refractivity contribution is -0.128. The number of hydrogen-bond acceptors (Lipinski definition) is 3. The number of nitrogens with zero attached hydrogens (tertiary/aromatic N) is 1. The zero-order valence-corrected chi connectivity index (χ0v) is 10.9. The van der Waals surface area contributed by atoms with E-state index in [9.17, 15) is 9.18 Å². The first-order chi connectivity index (χ1) is 8.00. The summed E-state index contributed by atoms with van der Waals surface area (Å²) in [4.78, 5) is 13.8. The molecule has 0 aliphatic rings. The first-order valence-corrected chi connectivity index (χ1v) is 6.37. The largest absolute Gasteiger partial charge is 0.398 e. The van der Waals surface area contributed by atoms with Crippen LogP contribution in [0.3, 0.4) is 0 Å². The molecule has 0 atom stereocenters. The van der Waals surface area contributed by atoms with E-state index in [0.717, 1.165) is 17.1 Å². The van der Waals surface area contributed by atoms with E-state index in [1.807, 2.05) is 0 Å². The number of halogens is 1. The van der Waals surface area contributed by atoms with Gasteiger partial charge in [-0.05, 0) is 30.4 Å². The summed E-state index contributed by atoms with van der Waals surface area (Å²) in [5.74, 6) is 0.599. The minimum atomic E-state index is -0.324. The molecular weight excluding hydrogens is 239 g/mol. The molecule has 0 saturated carbocycles. The van der Waals surface area contributed by atoms with Crippen molar-refractivity contribution < 1.29 is 9.18 Å². The van der Waals surface area contributed by atoms with Crippen molar-refractivity contribution in [2.75, 3.05) is 25.6 Å². The van der Waals surface area contributed by atoms with E-state index in [2.05, 4.69) is 0 Å². The van der Waals surface area contributed by atoms with E-state index in [1.165, 1.54) is 12.1 Å². The van der Waals surface area contributed by atoms with Crippen molar-refractivity contribution in [3.63, 3.8) is 0 Å². The molecule has 0 aliphatic carbocycles. The second-order valence-electron chi connectivity index (χ2n) is 3.92. The van der Waals surface area contributed by atoms with Gasteiger partial charge in [0.15, 0.2) is 0 Å². The van der Waals surface area contributed by atoms with E-state index in [-0.39, 0.29) is 11.7 Å². The Kier molecular flexibility index (Phi) is 5.28. The molecule has 1 rings (SSSR count). The number of nitrogens with two attached hydrogens (primary N) is 1. The molecule has 0 spiro atoms. The first kappa shape index (κ1) is 13.8. The number of hydrogen-bond donors (Lipinski definition) is 1. The first-order valence-electron chi connectivity index (χ1n) is 5.38. The Morgan fingerprint density at radius 2 is 2.18 bits per heavy atom. The van der Waals surface area contributed by atoms with Crippen LogP contribution < -0.4 is 5.73 Å². The number of carbonyl (C=O) groups is 1. The van der Waals surface area contributed by atoms with E-state index in [1.54, 1.807) is 36.8 Å². The SMILES string of the molecule is CN(C)C(=O)CCCSc1ccc(F)cc1N. The van der Waals surface area contributed by atoms with E-state index >= 15 is 0 Å². The molecule has 1 aromatic carbocycles. The van der Waals surface area contributed by atoms with Crippen LogP contribution >= 0.6 is 11.8 Å². The van der Waals surface area contributed by atoms with E-state index in [4.69, 9.17) is 5.73 Å². The molecule has 1 amide bonds. The van der Waals surface area contributed by atoms with Crippen molar-refractivity contribution in [1.82, 2.24) is 4.90 Å². The predicted octanol–water partition coefficient (Wildman–Crippen LogP) is 2.37. The molecule has 2 N–H and O–H groups in total. The fourth-order valence-corrected chi connectivity index (χ4v) is 2.18. The highest BCUT2D eigenvalue weighted by atomic mass is 32.2. The number of anilines is 1. The zero-order chi connectivity index (χ0) is 12.8. The maximum atomic E-state index is 12.8. The molecule has 0 bridgehead atoms. The summed E-state index contributed by atoms with van der Waals surface area (Å²) in [6.45, 7) is 0. The summed E-state index contributed by atoms with van der Waals surface area (Å²) >= 11 is 1.55. The highest BCUT2D eigenvalue weighted by molar-refractivity contribution is 7.99. The number of nitrogen functional groups attached to an aromatic ring is 1. The second kappa shape index (κ2) is 6.49. The van der Waals surface area contributed by atoms with Gasteiger partial charge in [0.25, 0.3) is 0 Å². The minimum Gasteiger partial charge on any atom is -0.398 e. The molecule has 94 valence electrons. The summed E-state index contributed by atoms with van der Waals surface area (Å²) in [5.41, 5.74) is 6.13. The van der Waals surface area contributed by atoms with Crippen LogP contribution in [0.1, 0.15) is 12.8 Å². The number of carbonyl (C=O) groups excluding carboxylic acids is 1. The molecule has 5 heteroatoms. The average molecular weight is 256 g/mol. The van der Waals surface area contributed by atoms with Gasteiger partial charge in [-0.15, -0.1) is 11.8 Å². The maximum absolute atomic E-state index is 12.8. The van der Waals surface area contributed by atoms with Crippen molar-refractivity contribution in [3.05, 3.63) is 24.0 Å². The molecule has 0 radical (unpaired) electrons. The Morgan fingerprint density at radius 3 is 2.76 bits per heavy atom. The van der Waals surface area contributed by atoms with Crippen LogP contribution in [-0.2, 0) is 4.79 Å². The summed E-state index contributed by atoms with van der Waals surface area (Å²) < 4.78 is 12.8. The fraction of sp³-hybridized carbons (Fsp3) is 0.417. The van der Waals surface area contributed by atoms with Crippen LogP contribution in [-0.4, -0.2) is 30.7 Å². The Balaban J connectivity index is 2.34. The Labute approximate surface area is 105 Å². The van der Waals surface area contributed by atoms with Gasteiger partial charge in [-0.3, -0.25) is 4.79 Å². The quantitative estimate of drug-likeness (QED) is 0.500. The van der Waals surface area contributed by atoms with Crippen LogP contribution in [0.15, 0.2) is 23.1 Å². The summed E-state index contributed by atoms with van der Waals surface area (Å²) in [6.07, 6.45) is 1.32. The van der Waals surface area contributed by atoms with Crippen LogP contribution in [0.5, 0.6) is 0 Å². The Morgan fingerprint density at radius 1 is 1.47 bits per heavy atom. The van der Waals surface area contributed by atoms with Crippen LogP contribution in [0.2, 0.25) is 0 Å². The molecule has 1 aromatic rings. The molecular formula is C12H17FN2OS. The summed E-state index contributed by atoms with van der Waals surface area (Å²) in [6, 6.07) is 4.38. The average Bonchev–Trinajstić information content (AvgIpc) is 2.26. The highest BCUT2D eigenvalue weighted by Crippen LogP contribution is 2.26. The number of rotatable bonds is 5. The van der Waals surface area contributed by atoms with Crippen LogP contribution in [0.4, 0.5) is 10.1 Å². The molecule has 0 heterocycles. The van der Waals surface area contributed by atoms with Crippen molar-refractivity contribution in [3.8, 4) is 0 Å². The van der Waals surface area contributed by atoms with Crippen molar-refractivity contribution >= 4 is 23.4 Å². The lowest BCUT2D eigenvalue weighted by Crippen LogP contribution is -2.21. The molecule has 0 fully saturated rings. The van der Waals surface area contributed by atoms with Gasteiger partial charge >= 0.3 is 0 Å². The lowest BCUT2D eigenvalue weighted by Gasteiger charge is -2.09. The zero-order valence-electron chi connectivity index (χ0n) is 10.1. The normalized spacial score (nSPS) is 10.3. The smallest absolute Gasteiger partial charge is 0.222 e. The predicted molar refractivity (Wildman–Crippen MR) is 69.5 cm³/mol. The van der Waals surface area contributed by atoms with Gasteiger partial charge < -0.3 is 10.6 Å². The molecule has 0 aromatic heterocycles. The van der Waals surface area contributed by atoms with Gasteiger partial charge in [0, 0.05) is 31.1 Å². The Hall–Kier alpha value is -1.23. The van der Waals surface area contributed by atoms with Crippen LogP contribution in [0, 0.1) is 5.82 Å². The minimum absolute atomic E-state index is 0.123.